The van der Waals surface area contributed by atoms with Crippen molar-refractivity contribution in [1.29, 1.82) is 0 Å². The molecule has 1 aromatic heterocycles. The molecule has 2 rings (SSSR count). The smallest absolute Gasteiger partial charge is 0.129 e. The van der Waals surface area contributed by atoms with Crippen LogP contribution < -0.4 is 5.32 Å². The van der Waals surface area contributed by atoms with E-state index in [2.05, 4.69) is 30.2 Å². The lowest BCUT2D eigenvalue weighted by Gasteiger charge is -2.26. The average molecular weight is 239 g/mol. The van der Waals surface area contributed by atoms with Crippen LogP contribution in [0.4, 0.5) is 0 Å². The number of fused-ring (bicyclic) bond motifs is 1. The van der Waals surface area contributed by atoms with Gasteiger partial charge in [0.05, 0.1) is 0 Å². The zero-order chi connectivity index (χ0) is 11.5. The van der Waals surface area contributed by atoms with E-state index in [1.165, 1.54) is 24.1 Å². The van der Waals surface area contributed by atoms with Crippen LogP contribution in [0.25, 0.3) is 0 Å². The summed E-state index contributed by atoms with van der Waals surface area (Å²) in [4.78, 5) is 4.42. The first-order valence-electron chi connectivity index (χ1n) is 6.03. The molecule has 1 atom stereocenters. The topological polar surface area (TPSA) is 24.9 Å². The summed E-state index contributed by atoms with van der Waals surface area (Å²) in [6.45, 7) is 5.47. The monoisotopic (exact) mass is 238 g/mol. The third-order valence-corrected chi connectivity index (χ3v) is 3.36. The first-order chi connectivity index (χ1) is 7.65. The van der Waals surface area contributed by atoms with Crippen molar-refractivity contribution in [2.45, 2.75) is 45.7 Å². The van der Waals surface area contributed by atoms with Crippen molar-refractivity contribution >= 4 is 11.6 Å². The number of nitrogens with one attached hydrogen (secondary N) is 1. The van der Waals surface area contributed by atoms with Gasteiger partial charge in [-0.1, -0.05) is 31.5 Å². The Hall–Kier alpha value is -0.600. The molecule has 2 heterocycles. The van der Waals surface area contributed by atoms with Crippen LogP contribution in [-0.2, 0) is 13.0 Å². The van der Waals surface area contributed by atoms with Gasteiger partial charge in [0.25, 0.3) is 0 Å². The molecule has 1 aliphatic rings. The van der Waals surface area contributed by atoms with Crippen molar-refractivity contribution < 1.29 is 0 Å². The molecule has 16 heavy (non-hydrogen) atoms. The third-order valence-electron chi connectivity index (χ3n) is 3.15. The second-order valence-electron chi connectivity index (χ2n) is 4.99. The molecule has 1 aromatic rings. The first kappa shape index (κ1) is 11.9. The van der Waals surface area contributed by atoms with Gasteiger partial charge in [-0.2, -0.15) is 0 Å². The van der Waals surface area contributed by atoms with Crippen LogP contribution in [0, 0.1) is 5.92 Å². The highest BCUT2D eigenvalue weighted by Gasteiger charge is 2.19. The van der Waals surface area contributed by atoms with E-state index in [1.54, 1.807) is 0 Å². The number of nitrogens with zero attached hydrogens (tertiary/aromatic N) is 1. The maximum absolute atomic E-state index is 5.92. The molecule has 88 valence electrons. The van der Waals surface area contributed by atoms with E-state index in [0.717, 1.165) is 18.9 Å². The highest BCUT2D eigenvalue weighted by atomic mass is 35.5. The Morgan fingerprint density at radius 3 is 3.06 bits per heavy atom. The second-order valence-corrected chi connectivity index (χ2v) is 5.38. The highest BCUT2D eigenvalue weighted by molar-refractivity contribution is 6.29. The molecule has 0 aromatic carbocycles. The van der Waals surface area contributed by atoms with Gasteiger partial charge in [0.2, 0.25) is 0 Å². The van der Waals surface area contributed by atoms with Gasteiger partial charge in [-0.3, -0.25) is 0 Å². The van der Waals surface area contributed by atoms with Crippen molar-refractivity contribution in [2.24, 2.45) is 5.92 Å². The minimum Gasteiger partial charge on any atom is -0.309 e. The van der Waals surface area contributed by atoms with Crippen molar-refractivity contribution in [3.05, 3.63) is 28.5 Å². The number of hydrogen-bond donors (Lipinski definition) is 1. The molecule has 0 bridgehead atoms. The van der Waals surface area contributed by atoms with E-state index < -0.39 is 0 Å². The standard InChI is InChI=1S/C13H19ClN2/c1-9(2)3-5-11-7-12-10(8-15-11)4-6-13(14)16-12/h4,6,9,11,15H,3,5,7-8H2,1-2H3. The minimum atomic E-state index is 0.570. The third kappa shape index (κ3) is 2.96. The van der Waals surface area contributed by atoms with Gasteiger partial charge in [0, 0.05) is 24.7 Å². The molecular formula is C13H19ClN2. The molecular weight excluding hydrogens is 220 g/mol. The van der Waals surface area contributed by atoms with Crippen molar-refractivity contribution in [3.63, 3.8) is 0 Å². The SMILES string of the molecule is CC(C)CCC1Cc2nc(Cl)ccc2CN1. The Balaban J connectivity index is 1.99. The largest absolute Gasteiger partial charge is 0.309 e. The van der Waals surface area contributed by atoms with E-state index in [9.17, 15) is 0 Å². The van der Waals surface area contributed by atoms with Crippen LogP contribution in [0.3, 0.4) is 0 Å². The Kier molecular flexibility index (Phi) is 3.82. The number of hydrogen-bond acceptors (Lipinski definition) is 2. The van der Waals surface area contributed by atoms with Crippen LogP contribution in [-0.4, -0.2) is 11.0 Å². The fourth-order valence-electron chi connectivity index (χ4n) is 2.14. The fraction of sp³-hybridized carbons (Fsp3) is 0.615. The summed E-state index contributed by atoms with van der Waals surface area (Å²) in [7, 11) is 0. The predicted molar refractivity (Wildman–Crippen MR) is 67.7 cm³/mol. The number of halogens is 1. The second kappa shape index (κ2) is 5.15. The van der Waals surface area contributed by atoms with E-state index in [-0.39, 0.29) is 0 Å². The van der Waals surface area contributed by atoms with Gasteiger partial charge in [-0.15, -0.1) is 0 Å². The summed E-state index contributed by atoms with van der Waals surface area (Å²) in [6.07, 6.45) is 3.52. The van der Waals surface area contributed by atoms with Gasteiger partial charge in [0.15, 0.2) is 0 Å². The molecule has 0 saturated carbocycles. The van der Waals surface area contributed by atoms with Crippen LogP contribution in [0.2, 0.25) is 5.15 Å². The molecule has 1 N–H and O–H groups in total. The number of rotatable bonds is 3. The Morgan fingerprint density at radius 1 is 1.50 bits per heavy atom. The van der Waals surface area contributed by atoms with Gasteiger partial charge in [0.1, 0.15) is 5.15 Å². The van der Waals surface area contributed by atoms with Crippen LogP contribution in [0.15, 0.2) is 12.1 Å². The molecule has 0 spiro atoms. The van der Waals surface area contributed by atoms with Gasteiger partial charge < -0.3 is 5.32 Å². The minimum absolute atomic E-state index is 0.570. The molecule has 3 heteroatoms. The number of pyridine rings is 1. The summed E-state index contributed by atoms with van der Waals surface area (Å²) in [5.41, 5.74) is 2.48. The van der Waals surface area contributed by atoms with Crippen molar-refractivity contribution in [2.75, 3.05) is 0 Å². The molecule has 0 saturated heterocycles. The first-order valence-corrected chi connectivity index (χ1v) is 6.40. The van der Waals surface area contributed by atoms with E-state index in [0.29, 0.717) is 11.2 Å². The highest BCUT2D eigenvalue weighted by Crippen LogP contribution is 2.20. The molecule has 0 aliphatic carbocycles. The van der Waals surface area contributed by atoms with Crippen molar-refractivity contribution in [3.8, 4) is 0 Å². The summed E-state index contributed by atoms with van der Waals surface area (Å²) in [6, 6.07) is 4.52. The maximum Gasteiger partial charge on any atom is 0.129 e. The lowest BCUT2D eigenvalue weighted by molar-refractivity contribution is 0.405. The van der Waals surface area contributed by atoms with Crippen LogP contribution >= 0.6 is 11.6 Å². The lowest BCUT2D eigenvalue weighted by atomic mass is 9.95. The Labute approximate surface area is 102 Å². The molecule has 2 nitrogen and oxygen atoms in total. The average Bonchev–Trinajstić information content (AvgIpc) is 2.25. The van der Waals surface area contributed by atoms with Crippen molar-refractivity contribution in [1.82, 2.24) is 10.3 Å². The van der Waals surface area contributed by atoms with Gasteiger partial charge in [-0.25, -0.2) is 4.98 Å². The van der Waals surface area contributed by atoms with Crippen LogP contribution in [0.1, 0.15) is 37.9 Å². The summed E-state index contributed by atoms with van der Waals surface area (Å²) in [5.74, 6) is 0.774. The van der Waals surface area contributed by atoms with Crippen LogP contribution in [0.5, 0.6) is 0 Å². The molecule has 1 aliphatic heterocycles. The predicted octanol–water partition coefficient (Wildman–Crippen LogP) is 3.19. The van der Waals surface area contributed by atoms with E-state index in [1.807, 2.05) is 6.07 Å². The Morgan fingerprint density at radius 2 is 2.31 bits per heavy atom. The van der Waals surface area contributed by atoms with E-state index >= 15 is 0 Å². The van der Waals surface area contributed by atoms with E-state index in [4.69, 9.17) is 11.6 Å². The molecule has 0 fully saturated rings. The summed E-state index contributed by atoms with van der Waals surface area (Å²) < 4.78 is 0. The summed E-state index contributed by atoms with van der Waals surface area (Å²) in [5, 5.41) is 4.18. The van der Waals surface area contributed by atoms with Gasteiger partial charge in [-0.05, 0) is 30.4 Å². The zero-order valence-electron chi connectivity index (χ0n) is 9.96. The maximum atomic E-state index is 5.92. The van der Waals surface area contributed by atoms with Gasteiger partial charge >= 0.3 is 0 Å². The fourth-order valence-corrected chi connectivity index (χ4v) is 2.30. The Bertz CT molecular complexity index is 363. The number of aromatic nitrogens is 1. The zero-order valence-corrected chi connectivity index (χ0v) is 10.7. The molecule has 1 unspecified atom stereocenters. The lowest BCUT2D eigenvalue weighted by Crippen LogP contribution is -2.36. The summed E-state index contributed by atoms with van der Waals surface area (Å²) >= 11 is 5.92. The quantitative estimate of drug-likeness (QED) is 0.819. The normalized spacial score (nSPS) is 19.9. The molecule has 0 radical (unpaired) electrons. The molecule has 0 amide bonds.